The number of ether oxygens (including phenoxy) is 3. The normalized spacial score (nSPS) is 12.4. The maximum absolute atomic E-state index is 12.4. The molecule has 0 spiro atoms. The van der Waals surface area contributed by atoms with Crippen LogP contribution in [0, 0.1) is 19.8 Å². The summed E-state index contributed by atoms with van der Waals surface area (Å²) in [5.74, 6) is -0.206. The lowest BCUT2D eigenvalue weighted by Crippen LogP contribution is -2.26. The lowest BCUT2D eigenvalue weighted by Gasteiger charge is -2.13. The van der Waals surface area contributed by atoms with E-state index in [1.54, 1.807) is 14.0 Å². The molecule has 0 fully saturated rings. The molecule has 0 bridgehead atoms. The molecule has 1 aromatic heterocycles. The third kappa shape index (κ3) is 6.63. The predicted molar refractivity (Wildman–Crippen MR) is 95.9 cm³/mol. The summed E-state index contributed by atoms with van der Waals surface area (Å²) in [7, 11) is 1.64. The van der Waals surface area contributed by atoms with Gasteiger partial charge in [0.25, 0.3) is 0 Å². The van der Waals surface area contributed by atoms with Gasteiger partial charge in [-0.2, -0.15) is 0 Å². The fourth-order valence-electron chi connectivity index (χ4n) is 2.49. The van der Waals surface area contributed by atoms with Crippen LogP contribution in [0.5, 0.6) is 0 Å². The maximum atomic E-state index is 12.4. The minimum atomic E-state index is -0.666. The summed E-state index contributed by atoms with van der Waals surface area (Å²) < 4.78 is 17.7. The first kappa shape index (κ1) is 21.4. The zero-order chi connectivity index (χ0) is 19.0. The molecule has 0 aliphatic heterocycles. The largest absolute Gasteiger partial charge is 0.455 e. The fourth-order valence-corrected chi connectivity index (χ4v) is 2.49. The third-order valence-electron chi connectivity index (χ3n) is 4.13. The number of aromatic nitrogens is 1. The quantitative estimate of drug-likeness (QED) is 0.452. The molecule has 6 heteroatoms. The number of carbonyl (C=O) groups excluding carboxylic acids is 2. The molecule has 0 saturated heterocycles. The second-order valence-electron chi connectivity index (χ2n) is 6.66. The summed E-state index contributed by atoms with van der Waals surface area (Å²) in [5.41, 5.74) is 2.42. The smallest absolute Gasteiger partial charge is 0.335 e. The van der Waals surface area contributed by atoms with Crippen LogP contribution in [0.4, 0.5) is 0 Å². The number of rotatable bonds is 11. The topological polar surface area (TPSA) is 66.8 Å². The lowest BCUT2D eigenvalue weighted by atomic mass is 10.1. The highest BCUT2D eigenvalue weighted by Crippen LogP contribution is 2.16. The summed E-state index contributed by atoms with van der Waals surface area (Å²) in [6, 6.07) is 1.82. The lowest BCUT2D eigenvalue weighted by molar-refractivity contribution is -0.155. The second kappa shape index (κ2) is 10.4. The van der Waals surface area contributed by atoms with Gasteiger partial charge in [-0.3, -0.25) is 4.79 Å². The van der Waals surface area contributed by atoms with Crippen molar-refractivity contribution in [2.24, 2.45) is 5.92 Å². The van der Waals surface area contributed by atoms with E-state index in [4.69, 9.17) is 14.2 Å². The highest BCUT2D eigenvalue weighted by molar-refractivity contribution is 5.99. The number of hydrogen-bond donors (Lipinski definition) is 0. The summed E-state index contributed by atoms with van der Waals surface area (Å²) >= 11 is 0. The zero-order valence-electron chi connectivity index (χ0n) is 16.3. The van der Waals surface area contributed by atoms with E-state index >= 15 is 0 Å². The summed E-state index contributed by atoms with van der Waals surface area (Å²) in [4.78, 5) is 24.3. The number of carbonyl (C=O) groups is 2. The van der Waals surface area contributed by atoms with Gasteiger partial charge in [0.1, 0.15) is 0 Å². The molecule has 1 unspecified atom stereocenters. The predicted octanol–water partition coefficient (Wildman–Crippen LogP) is 2.93. The maximum Gasteiger partial charge on any atom is 0.335 e. The molecule has 1 rings (SSSR count). The molecule has 0 amide bonds. The Bertz CT molecular complexity index is 577. The standard InChI is InChI=1S/C19H31NO5/c1-13(2)7-9-24-16(5)19(22)25-12-18(21)17-11-14(3)20(15(17)4)8-10-23-6/h11,13,16H,7-10,12H2,1-6H3. The van der Waals surface area contributed by atoms with Gasteiger partial charge in [0.15, 0.2) is 12.7 Å². The molecule has 1 atom stereocenters. The highest BCUT2D eigenvalue weighted by Gasteiger charge is 2.20. The van der Waals surface area contributed by atoms with Crippen LogP contribution < -0.4 is 0 Å². The molecule has 1 heterocycles. The Labute approximate surface area is 150 Å². The van der Waals surface area contributed by atoms with Gasteiger partial charge in [-0.25, -0.2) is 4.79 Å². The van der Waals surface area contributed by atoms with Crippen LogP contribution >= 0.6 is 0 Å². The Morgan fingerprint density at radius 3 is 2.44 bits per heavy atom. The van der Waals surface area contributed by atoms with Gasteiger partial charge in [-0.05, 0) is 39.2 Å². The van der Waals surface area contributed by atoms with Crippen molar-refractivity contribution in [3.8, 4) is 0 Å². The van der Waals surface area contributed by atoms with Gasteiger partial charge in [-0.15, -0.1) is 0 Å². The average Bonchev–Trinajstić information content (AvgIpc) is 2.84. The molecule has 0 saturated carbocycles. The number of hydrogen-bond acceptors (Lipinski definition) is 5. The van der Waals surface area contributed by atoms with Crippen LogP contribution in [0.3, 0.4) is 0 Å². The van der Waals surface area contributed by atoms with Crippen LogP contribution in [0.2, 0.25) is 0 Å². The van der Waals surface area contributed by atoms with Gasteiger partial charge >= 0.3 is 5.97 Å². The van der Waals surface area contributed by atoms with Gasteiger partial charge in [0.05, 0.1) is 6.61 Å². The van der Waals surface area contributed by atoms with Crippen molar-refractivity contribution < 1.29 is 23.8 Å². The Morgan fingerprint density at radius 2 is 1.84 bits per heavy atom. The molecule has 6 nitrogen and oxygen atoms in total. The van der Waals surface area contributed by atoms with Crippen molar-refractivity contribution in [3.05, 3.63) is 23.0 Å². The Hall–Kier alpha value is -1.66. The molecule has 0 aromatic carbocycles. The Morgan fingerprint density at radius 1 is 1.16 bits per heavy atom. The van der Waals surface area contributed by atoms with Crippen molar-refractivity contribution in [3.63, 3.8) is 0 Å². The molecule has 0 radical (unpaired) electrons. The first-order valence-electron chi connectivity index (χ1n) is 8.75. The minimum Gasteiger partial charge on any atom is -0.455 e. The van der Waals surface area contributed by atoms with Crippen molar-refractivity contribution >= 4 is 11.8 Å². The van der Waals surface area contributed by atoms with E-state index in [0.717, 1.165) is 17.8 Å². The van der Waals surface area contributed by atoms with Crippen LogP contribution in [-0.4, -0.2) is 49.4 Å². The van der Waals surface area contributed by atoms with Gasteiger partial charge in [0.2, 0.25) is 5.78 Å². The van der Waals surface area contributed by atoms with E-state index in [9.17, 15) is 9.59 Å². The summed E-state index contributed by atoms with van der Waals surface area (Å²) in [5, 5.41) is 0. The van der Waals surface area contributed by atoms with E-state index in [1.165, 1.54) is 0 Å². The monoisotopic (exact) mass is 353 g/mol. The Kier molecular flexibility index (Phi) is 8.86. The molecule has 1 aromatic rings. The second-order valence-corrected chi connectivity index (χ2v) is 6.66. The average molecular weight is 353 g/mol. The fraction of sp³-hybridized carbons (Fsp3) is 0.684. The first-order valence-corrected chi connectivity index (χ1v) is 8.75. The number of Topliss-reactive ketones (excluding diaryl/α,β-unsaturated/α-hetero) is 1. The van der Waals surface area contributed by atoms with Gasteiger partial charge < -0.3 is 18.8 Å². The van der Waals surface area contributed by atoms with Crippen LogP contribution in [0.1, 0.15) is 48.9 Å². The molecule has 0 aliphatic carbocycles. The zero-order valence-corrected chi connectivity index (χ0v) is 16.3. The number of aryl methyl sites for hydroxylation is 1. The molecule has 0 N–H and O–H groups in total. The van der Waals surface area contributed by atoms with Gasteiger partial charge in [-0.1, -0.05) is 13.8 Å². The van der Waals surface area contributed by atoms with Crippen LogP contribution in [0.25, 0.3) is 0 Å². The molecular weight excluding hydrogens is 322 g/mol. The number of ketones is 1. The molecular formula is C19H31NO5. The van der Waals surface area contributed by atoms with E-state index in [-0.39, 0.29) is 12.4 Å². The minimum absolute atomic E-state index is 0.209. The Balaban J connectivity index is 2.55. The van der Waals surface area contributed by atoms with E-state index < -0.39 is 12.1 Å². The summed E-state index contributed by atoms with van der Waals surface area (Å²) in [6.07, 6.45) is 0.213. The summed E-state index contributed by atoms with van der Waals surface area (Å²) in [6.45, 7) is 11.1. The molecule has 142 valence electrons. The van der Waals surface area contributed by atoms with E-state index in [0.29, 0.717) is 31.2 Å². The molecule has 25 heavy (non-hydrogen) atoms. The van der Waals surface area contributed by atoms with Crippen molar-refractivity contribution in [2.45, 2.75) is 53.7 Å². The highest BCUT2D eigenvalue weighted by atomic mass is 16.6. The van der Waals surface area contributed by atoms with E-state index in [2.05, 4.69) is 13.8 Å². The number of esters is 1. The third-order valence-corrected chi connectivity index (χ3v) is 4.13. The van der Waals surface area contributed by atoms with Crippen molar-refractivity contribution in [1.29, 1.82) is 0 Å². The van der Waals surface area contributed by atoms with E-state index in [1.807, 2.05) is 24.5 Å². The molecule has 0 aliphatic rings. The van der Waals surface area contributed by atoms with Gasteiger partial charge in [0, 0.05) is 37.2 Å². The van der Waals surface area contributed by atoms with Crippen LogP contribution in [-0.2, 0) is 25.5 Å². The van der Waals surface area contributed by atoms with Crippen LogP contribution in [0.15, 0.2) is 6.07 Å². The van der Waals surface area contributed by atoms with Crippen molar-refractivity contribution in [1.82, 2.24) is 4.57 Å². The number of methoxy groups -OCH3 is 1. The SMILES string of the molecule is COCCn1c(C)cc(C(=O)COC(=O)C(C)OCCC(C)C)c1C. The first-order chi connectivity index (χ1) is 11.8. The number of nitrogens with zero attached hydrogens (tertiary/aromatic N) is 1. The van der Waals surface area contributed by atoms with Crippen molar-refractivity contribution in [2.75, 3.05) is 26.9 Å².